The fourth-order valence-electron chi connectivity index (χ4n) is 1.84. The topological polar surface area (TPSA) is 78.8 Å². The van der Waals surface area contributed by atoms with Crippen LogP contribution in [0.3, 0.4) is 0 Å². The number of unbranched alkanes of at least 4 members (excludes halogenated alkanes) is 1. The van der Waals surface area contributed by atoms with Crippen LogP contribution < -0.4 is 5.32 Å². The minimum Gasteiger partial charge on any atom is -0.396 e. The van der Waals surface area contributed by atoms with Crippen LogP contribution in [0.25, 0.3) is 0 Å². The van der Waals surface area contributed by atoms with Gasteiger partial charge in [-0.2, -0.15) is 0 Å². The normalized spacial score (nSPS) is 19.4. The number of hydrogen-bond donors (Lipinski definition) is 3. The lowest BCUT2D eigenvalue weighted by atomic mass is 9.90. The Morgan fingerprint density at radius 1 is 1.25 bits per heavy atom. The van der Waals surface area contributed by atoms with E-state index in [9.17, 15) is 9.90 Å². The molecule has 5 nitrogen and oxygen atoms in total. The molecule has 0 aliphatic carbocycles. The van der Waals surface area contributed by atoms with E-state index in [0.717, 1.165) is 0 Å². The lowest BCUT2D eigenvalue weighted by Gasteiger charge is -2.36. The molecule has 1 aliphatic rings. The van der Waals surface area contributed by atoms with Gasteiger partial charge in [-0.15, -0.1) is 0 Å². The van der Waals surface area contributed by atoms with Gasteiger partial charge < -0.3 is 20.3 Å². The Morgan fingerprint density at radius 2 is 1.94 bits per heavy atom. The molecule has 1 heterocycles. The second-order valence-corrected chi connectivity index (χ2v) is 4.28. The highest BCUT2D eigenvalue weighted by molar-refractivity contribution is 5.76. The van der Waals surface area contributed by atoms with Crippen molar-refractivity contribution in [1.82, 2.24) is 5.32 Å². The van der Waals surface area contributed by atoms with Crippen molar-refractivity contribution in [3.63, 3.8) is 0 Å². The molecule has 0 aromatic rings. The van der Waals surface area contributed by atoms with E-state index in [0.29, 0.717) is 45.3 Å². The number of nitrogens with one attached hydrogen (secondary N) is 1. The van der Waals surface area contributed by atoms with Crippen molar-refractivity contribution in [2.24, 2.45) is 0 Å². The summed E-state index contributed by atoms with van der Waals surface area (Å²) < 4.78 is 5.21. The maximum Gasteiger partial charge on any atom is 0.220 e. The predicted molar refractivity (Wildman–Crippen MR) is 58.9 cm³/mol. The average Bonchev–Trinajstić information content (AvgIpc) is 2.30. The summed E-state index contributed by atoms with van der Waals surface area (Å²) in [5, 5.41) is 20.9. The van der Waals surface area contributed by atoms with E-state index in [1.807, 2.05) is 0 Å². The molecule has 5 heteroatoms. The molecule has 0 unspecified atom stereocenters. The summed E-state index contributed by atoms with van der Waals surface area (Å²) in [4.78, 5) is 11.6. The first kappa shape index (κ1) is 13.4. The van der Waals surface area contributed by atoms with Gasteiger partial charge in [0.2, 0.25) is 5.91 Å². The maximum absolute atomic E-state index is 11.6. The monoisotopic (exact) mass is 231 g/mol. The number of aliphatic hydroxyl groups excluding tert-OH is 2. The molecule has 0 bridgehead atoms. The van der Waals surface area contributed by atoms with Crippen LogP contribution in [0.1, 0.15) is 32.1 Å². The molecule has 0 radical (unpaired) electrons. The van der Waals surface area contributed by atoms with Crippen molar-refractivity contribution in [2.45, 2.75) is 37.6 Å². The van der Waals surface area contributed by atoms with Crippen LogP contribution in [0.4, 0.5) is 0 Å². The van der Waals surface area contributed by atoms with Gasteiger partial charge in [0.15, 0.2) is 0 Å². The lowest BCUT2D eigenvalue weighted by Crippen LogP contribution is -2.54. The fourth-order valence-corrected chi connectivity index (χ4v) is 1.84. The van der Waals surface area contributed by atoms with Gasteiger partial charge in [-0.3, -0.25) is 4.79 Å². The number of carbonyl (C=O) groups excluding carboxylic acids is 1. The third-order valence-corrected chi connectivity index (χ3v) is 2.97. The summed E-state index contributed by atoms with van der Waals surface area (Å²) in [7, 11) is 0. The summed E-state index contributed by atoms with van der Waals surface area (Å²) in [6.45, 7) is 1.24. The summed E-state index contributed by atoms with van der Waals surface area (Å²) in [5.74, 6) is -0.0515. The molecule has 0 spiro atoms. The second kappa shape index (κ2) is 6.83. The first-order valence-corrected chi connectivity index (χ1v) is 5.83. The lowest BCUT2D eigenvalue weighted by molar-refractivity contribution is -0.125. The Hall–Kier alpha value is -0.650. The number of carbonyl (C=O) groups is 1. The van der Waals surface area contributed by atoms with E-state index in [1.165, 1.54) is 0 Å². The maximum atomic E-state index is 11.6. The zero-order valence-electron chi connectivity index (χ0n) is 9.57. The zero-order chi connectivity index (χ0) is 11.9. The first-order chi connectivity index (χ1) is 7.72. The largest absolute Gasteiger partial charge is 0.396 e. The van der Waals surface area contributed by atoms with Gasteiger partial charge in [-0.25, -0.2) is 0 Å². The number of rotatable bonds is 6. The van der Waals surface area contributed by atoms with Gasteiger partial charge in [-0.05, 0) is 25.7 Å². The predicted octanol–water partition coefficient (Wildman–Crippen LogP) is -0.193. The molecule has 1 fully saturated rings. The third-order valence-electron chi connectivity index (χ3n) is 2.97. The summed E-state index contributed by atoms with van der Waals surface area (Å²) in [5.41, 5.74) is -0.492. The summed E-state index contributed by atoms with van der Waals surface area (Å²) >= 11 is 0. The van der Waals surface area contributed by atoms with Crippen LogP contribution in [-0.4, -0.2) is 48.1 Å². The quantitative estimate of drug-likeness (QED) is 0.553. The smallest absolute Gasteiger partial charge is 0.220 e. The van der Waals surface area contributed by atoms with Gasteiger partial charge in [0.05, 0.1) is 12.1 Å². The summed E-state index contributed by atoms with van der Waals surface area (Å²) in [6, 6.07) is 0. The van der Waals surface area contributed by atoms with Crippen molar-refractivity contribution in [3.8, 4) is 0 Å². The molecule has 0 saturated carbocycles. The Bertz CT molecular complexity index is 214. The zero-order valence-corrected chi connectivity index (χ0v) is 9.57. The van der Waals surface area contributed by atoms with Crippen molar-refractivity contribution in [3.05, 3.63) is 0 Å². The first-order valence-electron chi connectivity index (χ1n) is 5.83. The molecule has 1 saturated heterocycles. The van der Waals surface area contributed by atoms with Gasteiger partial charge >= 0.3 is 0 Å². The molecule has 0 aromatic heterocycles. The minimum absolute atomic E-state index is 0.0396. The van der Waals surface area contributed by atoms with Crippen molar-refractivity contribution >= 4 is 5.91 Å². The molecule has 1 amide bonds. The molecule has 1 rings (SSSR count). The summed E-state index contributed by atoms with van der Waals surface area (Å²) in [6.07, 6.45) is 3.05. The second-order valence-electron chi connectivity index (χ2n) is 4.28. The third kappa shape index (κ3) is 4.08. The van der Waals surface area contributed by atoms with Crippen LogP contribution in [0.15, 0.2) is 0 Å². The number of hydrogen-bond acceptors (Lipinski definition) is 4. The Kier molecular flexibility index (Phi) is 5.73. The van der Waals surface area contributed by atoms with Gasteiger partial charge in [-0.1, -0.05) is 0 Å². The average molecular weight is 231 g/mol. The fraction of sp³-hybridized carbons (Fsp3) is 0.909. The highest BCUT2D eigenvalue weighted by Gasteiger charge is 2.33. The van der Waals surface area contributed by atoms with E-state index in [-0.39, 0.29) is 19.1 Å². The highest BCUT2D eigenvalue weighted by atomic mass is 16.5. The van der Waals surface area contributed by atoms with E-state index in [2.05, 4.69) is 5.32 Å². The molecule has 16 heavy (non-hydrogen) atoms. The SMILES string of the molecule is O=C(CCCCO)NC1(CO)CCOCC1. The van der Waals surface area contributed by atoms with Crippen molar-refractivity contribution in [2.75, 3.05) is 26.4 Å². The van der Waals surface area contributed by atoms with E-state index >= 15 is 0 Å². The van der Waals surface area contributed by atoms with E-state index in [1.54, 1.807) is 0 Å². The van der Waals surface area contributed by atoms with Crippen LogP contribution >= 0.6 is 0 Å². The van der Waals surface area contributed by atoms with E-state index < -0.39 is 5.54 Å². The standard InChI is InChI=1S/C11H21NO4/c13-6-2-1-3-10(15)12-11(9-14)4-7-16-8-5-11/h13-14H,1-9H2,(H,12,15). The molecule has 3 N–H and O–H groups in total. The molecular weight excluding hydrogens is 210 g/mol. The van der Waals surface area contributed by atoms with Crippen LogP contribution in [0.5, 0.6) is 0 Å². The molecule has 1 aliphatic heterocycles. The molecule has 94 valence electrons. The van der Waals surface area contributed by atoms with Gasteiger partial charge in [0.1, 0.15) is 0 Å². The van der Waals surface area contributed by atoms with Gasteiger partial charge in [0.25, 0.3) is 0 Å². The van der Waals surface area contributed by atoms with Crippen LogP contribution in [0.2, 0.25) is 0 Å². The Morgan fingerprint density at radius 3 is 2.50 bits per heavy atom. The Labute approximate surface area is 95.8 Å². The molecular formula is C11H21NO4. The van der Waals surface area contributed by atoms with Crippen LogP contribution in [0, 0.1) is 0 Å². The van der Waals surface area contributed by atoms with Crippen molar-refractivity contribution < 1.29 is 19.7 Å². The van der Waals surface area contributed by atoms with Gasteiger partial charge in [0, 0.05) is 26.2 Å². The molecule has 0 atom stereocenters. The van der Waals surface area contributed by atoms with Crippen LogP contribution in [-0.2, 0) is 9.53 Å². The number of amides is 1. The van der Waals surface area contributed by atoms with E-state index in [4.69, 9.17) is 9.84 Å². The molecule has 0 aromatic carbocycles. The Balaban J connectivity index is 2.33. The van der Waals surface area contributed by atoms with Crippen molar-refractivity contribution in [1.29, 1.82) is 0 Å². The minimum atomic E-state index is -0.492. The highest BCUT2D eigenvalue weighted by Crippen LogP contribution is 2.20. The number of ether oxygens (including phenoxy) is 1. The number of aliphatic hydroxyl groups is 2.